The van der Waals surface area contributed by atoms with Crippen LogP contribution in [0.15, 0.2) is 83.0 Å². The average Bonchev–Trinajstić information content (AvgIpc) is 2.92. The van der Waals surface area contributed by atoms with Crippen molar-refractivity contribution in [3.63, 3.8) is 0 Å². The SMILES string of the molecule is CN1CCc2ccc(NC(=O)c3cccc(CNC(=O)C4=CCC5CCC=CC(C#N)=CC5=N4)c3)cc2C1. The first-order chi connectivity index (χ1) is 18.5. The van der Waals surface area contributed by atoms with Gasteiger partial charge < -0.3 is 15.5 Å². The lowest BCUT2D eigenvalue weighted by Crippen LogP contribution is -2.27. The Hall–Kier alpha value is -4.28. The largest absolute Gasteiger partial charge is 0.347 e. The number of carbonyl (C=O) groups excluding carboxylic acids is 2. The first-order valence-corrected chi connectivity index (χ1v) is 13.0. The Kier molecular flexibility index (Phi) is 7.62. The highest BCUT2D eigenvalue weighted by Gasteiger charge is 2.22. The number of anilines is 1. The number of nitriles is 1. The summed E-state index contributed by atoms with van der Waals surface area (Å²) in [6, 6.07) is 15.5. The first kappa shape index (κ1) is 25.4. The molecule has 0 fully saturated rings. The van der Waals surface area contributed by atoms with Gasteiger partial charge in [0.15, 0.2) is 0 Å². The monoisotopic (exact) mass is 505 g/mol. The molecule has 192 valence electrons. The highest BCUT2D eigenvalue weighted by Crippen LogP contribution is 2.26. The number of rotatable bonds is 5. The minimum Gasteiger partial charge on any atom is -0.347 e. The summed E-state index contributed by atoms with van der Waals surface area (Å²) in [7, 11) is 2.10. The van der Waals surface area contributed by atoms with Crippen LogP contribution in [0.3, 0.4) is 0 Å². The summed E-state index contributed by atoms with van der Waals surface area (Å²) in [6.45, 7) is 2.20. The highest BCUT2D eigenvalue weighted by molar-refractivity contribution is 6.05. The molecule has 2 aromatic carbocycles. The van der Waals surface area contributed by atoms with Gasteiger partial charge in [-0.15, -0.1) is 0 Å². The number of nitrogens with one attached hydrogen (secondary N) is 2. The Morgan fingerprint density at radius 2 is 2.05 bits per heavy atom. The molecule has 2 heterocycles. The van der Waals surface area contributed by atoms with Crippen molar-refractivity contribution in [3.05, 3.63) is 100 Å². The Balaban J connectivity index is 1.22. The molecule has 7 heteroatoms. The number of amides is 2. The van der Waals surface area contributed by atoms with E-state index in [9.17, 15) is 14.9 Å². The molecule has 0 saturated heterocycles. The van der Waals surface area contributed by atoms with E-state index in [0.29, 0.717) is 16.8 Å². The van der Waals surface area contributed by atoms with Gasteiger partial charge >= 0.3 is 0 Å². The van der Waals surface area contributed by atoms with Crippen LogP contribution in [-0.4, -0.2) is 36.0 Å². The predicted molar refractivity (Wildman–Crippen MR) is 148 cm³/mol. The lowest BCUT2D eigenvalue weighted by atomic mass is 9.88. The minimum atomic E-state index is -0.269. The van der Waals surface area contributed by atoms with Crippen LogP contribution in [0.2, 0.25) is 0 Å². The summed E-state index contributed by atoms with van der Waals surface area (Å²) in [5, 5.41) is 15.3. The van der Waals surface area contributed by atoms with Gasteiger partial charge in [0.2, 0.25) is 0 Å². The third-order valence-corrected chi connectivity index (χ3v) is 7.22. The van der Waals surface area contributed by atoms with Crippen LogP contribution in [-0.2, 0) is 24.3 Å². The van der Waals surface area contributed by atoms with Crippen LogP contribution in [0.25, 0.3) is 0 Å². The summed E-state index contributed by atoms with van der Waals surface area (Å²) in [4.78, 5) is 32.7. The number of nitrogens with zero attached hydrogens (tertiary/aromatic N) is 3. The van der Waals surface area contributed by atoms with Gasteiger partial charge in [-0.25, -0.2) is 4.99 Å². The molecule has 5 rings (SSSR count). The third kappa shape index (κ3) is 5.99. The maximum atomic E-state index is 13.0. The number of likely N-dealkylation sites (N-methyl/N-ethyl adjacent to an activating group) is 1. The zero-order valence-electron chi connectivity index (χ0n) is 21.5. The minimum absolute atomic E-state index is 0.187. The third-order valence-electron chi connectivity index (χ3n) is 7.22. The zero-order chi connectivity index (χ0) is 26.5. The Morgan fingerprint density at radius 1 is 1.16 bits per heavy atom. The summed E-state index contributed by atoms with van der Waals surface area (Å²) < 4.78 is 0. The van der Waals surface area contributed by atoms with E-state index in [0.717, 1.165) is 55.7 Å². The van der Waals surface area contributed by atoms with Crippen LogP contribution in [0.4, 0.5) is 5.69 Å². The van der Waals surface area contributed by atoms with Crippen molar-refractivity contribution < 1.29 is 9.59 Å². The fourth-order valence-electron chi connectivity index (χ4n) is 5.07. The molecular formula is C31H31N5O2. The molecule has 1 aliphatic carbocycles. The second-order valence-electron chi connectivity index (χ2n) is 10.1. The highest BCUT2D eigenvalue weighted by atomic mass is 16.2. The van der Waals surface area contributed by atoms with Crippen LogP contribution >= 0.6 is 0 Å². The van der Waals surface area contributed by atoms with Crippen molar-refractivity contribution in [2.45, 2.75) is 38.8 Å². The second kappa shape index (κ2) is 11.4. The van der Waals surface area contributed by atoms with E-state index < -0.39 is 0 Å². The molecule has 0 spiro atoms. The van der Waals surface area contributed by atoms with E-state index in [-0.39, 0.29) is 24.3 Å². The zero-order valence-corrected chi connectivity index (χ0v) is 21.5. The maximum Gasteiger partial charge on any atom is 0.269 e. The van der Waals surface area contributed by atoms with E-state index in [4.69, 9.17) is 0 Å². The average molecular weight is 506 g/mol. The Morgan fingerprint density at radius 3 is 2.92 bits per heavy atom. The molecule has 3 aliphatic rings. The molecule has 1 unspecified atom stereocenters. The van der Waals surface area contributed by atoms with Gasteiger partial charge in [0.05, 0.1) is 11.6 Å². The van der Waals surface area contributed by atoms with E-state index in [1.807, 2.05) is 36.4 Å². The van der Waals surface area contributed by atoms with Crippen molar-refractivity contribution in [2.75, 3.05) is 18.9 Å². The molecule has 38 heavy (non-hydrogen) atoms. The molecule has 7 nitrogen and oxygen atoms in total. The smallest absolute Gasteiger partial charge is 0.269 e. The Bertz CT molecular complexity index is 1430. The molecule has 0 saturated carbocycles. The van der Waals surface area contributed by atoms with Crippen LogP contribution in [0.5, 0.6) is 0 Å². The van der Waals surface area contributed by atoms with Crippen molar-refractivity contribution in [3.8, 4) is 6.07 Å². The molecule has 2 aliphatic heterocycles. The molecule has 2 N–H and O–H groups in total. The summed E-state index contributed by atoms with van der Waals surface area (Å²) >= 11 is 0. The number of hydrogen-bond donors (Lipinski definition) is 2. The van der Waals surface area contributed by atoms with Crippen LogP contribution in [0.1, 0.15) is 46.3 Å². The first-order valence-electron chi connectivity index (χ1n) is 13.0. The lowest BCUT2D eigenvalue weighted by Gasteiger charge is -2.25. The second-order valence-corrected chi connectivity index (χ2v) is 10.1. The Labute approximate surface area is 223 Å². The fraction of sp³-hybridized carbons (Fsp3) is 0.290. The van der Waals surface area contributed by atoms with Crippen LogP contribution < -0.4 is 10.6 Å². The standard InChI is InChI=1S/C31H31N5O2/c1-36-14-13-23-9-11-27(17-26(23)20-36)34-30(37)25-8-4-6-22(15-25)19-33-31(38)28-12-10-24-7-3-2-5-21(18-32)16-29(24)35-28/h2,4-6,8-9,11-12,15-17,24H,3,7,10,13-14,19-20H2,1H3,(H,33,38)(H,34,37). The predicted octanol–water partition coefficient (Wildman–Crippen LogP) is 4.69. The quantitative estimate of drug-likeness (QED) is 0.616. The summed E-state index contributed by atoms with van der Waals surface area (Å²) in [6.07, 6.45) is 11.0. The topological polar surface area (TPSA) is 97.6 Å². The van der Waals surface area contributed by atoms with Crippen molar-refractivity contribution in [1.29, 1.82) is 5.26 Å². The van der Waals surface area contributed by atoms with Gasteiger partial charge in [-0.1, -0.05) is 30.4 Å². The van der Waals surface area contributed by atoms with Crippen molar-refractivity contribution in [2.24, 2.45) is 10.9 Å². The molecule has 0 radical (unpaired) electrons. The van der Waals surface area contributed by atoms with E-state index >= 15 is 0 Å². The fourth-order valence-corrected chi connectivity index (χ4v) is 5.07. The van der Waals surface area contributed by atoms with Gasteiger partial charge in [-0.05, 0) is 85.8 Å². The number of benzene rings is 2. The number of hydrogen-bond acceptors (Lipinski definition) is 5. The molecule has 0 aromatic heterocycles. The lowest BCUT2D eigenvalue weighted by molar-refractivity contribution is -0.117. The van der Waals surface area contributed by atoms with Gasteiger partial charge in [-0.3, -0.25) is 9.59 Å². The van der Waals surface area contributed by atoms with Gasteiger partial charge in [0, 0.05) is 42.5 Å². The van der Waals surface area contributed by atoms with Crippen LogP contribution in [0, 0.1) is 17.2 Å². The van der Waals surface area contributed by atoms with E-state index in [2.05, 4.69) is 45.8 Å². The molecule has 2 amide bonds. The normalized spacial score (nSPS) is 18.8. The van der Waals surface area contributed by atoms with E-state index in [1.165, 1.54) is 11.1 Å². The molecule has 0 bridgehead atoms. The number of carbonyl (C=O) groups is 2. The van der Waals surface area contributed by atoms with Crippen molar-refractivity contribution >= 4 is 23.2 Å². The summed E-state index contributed by atoms with van der Waals surface area (Å²) in [5.41, 5.74) is 6.41. The van der Waals surface area contributed by atoms with Gasteiger partial charge in [0.25, 0.3) is 11.8 Å². The molecule has 2 aromatic rings. The summed E-state index contributed by atoms with van der Waals surface area (Å²) in [5.74, 6) is -0.242. The number of aliphatic imine (C=N–C) groups is 1. The molecule has 1 atom stereocenters. The molecular weight excluding hydrogens is 474 g/mol. The van der Waals surface area contributed by atoms with Gasteiger partial charge in [0.1, 0.15) is 5.70 Å². The van der Waals surface area contributed by atoms with E-state index in [1.54, 1.807) is 18.2 Å². The number of allylic oxidation sites excluding steroid dienone is 5. The van der Waals surface area contributed by atoms with Crippen molar-refractivity contribution in [1.82, 2.24) is 10.2 Å². The van der Waals surface area contributed by atoms with Gasteiger partial charge in [-0.2, -0.15) is 5.26 Å². The number of fused-ring (bicyclic) bond motifs is 2. The maximum absolute atomic E-state index is 13.0.